The molecule has 3 rings (SSSR count). The van der Waals surface area contributed by atoms with Gasteiger partial charge in [-0.1, -0.05) is 0 Å². The number of nitrogens with zero attached hydrogens (tertiary/aromatic N) is 1. The summed E-state index contributed by atoms with van der Waals surface area (Å²) in [6.45, 7) is 0.584. The van der Waals surface area contributed by atoms with Gasteiger partial charge in [0.15, 0.2) is 0 Å². The number of ether oxygens (including phenoxy) is 2. The second-order valence-corrected chi connectivity index (χ2v) is 7.94. The number of methoxy groups -OCH3 is 2. The largest absolute Gasteiger partial charge is 0.495 e. The van der Waals surface area contributed by atoms with Crippen LogP contribution in [0.3, 0.4) is 0 Å². The Bertz CT molecular complexity index is 994. The van der Waals surface area contributed by atoms with Crippen molar-refractivity contribution >= 4 is 27.3 Å². The molecule has 0 radical (unpaired) electrons. The van der Waals surface area contributed by atoms with Gasteiger partial charge in [0.1, 0.15) is 22.2 Å². The summed E-state index contributed by atoms with van der Waals surface area (Å²) in [5, 5.41) is 0. The van der Waals surface area contributed by atoms with Crippen molar-refractivity contribution in [3.05, 3.63) is 42.2 Å². The number of sulfonamides is 1. The van der Waals surface area contributed by atoms with Crippen LogP contribution >= 0.6 is 0 Å². The summed E-state index contributed by atoms with van der Waals surface area (Å²) in [5.74, 6) is -0.307. The van der Waals surface area contributed by atoms with Gasteiger partial charge in [-0.3, -0.25) is 9.52 Å². The minimum atomic E-state index is -4.10. The summed E-state index contributed by atoms with van der Waals surface area (Å²) >= 11 is 0. The van der Waals surface area contributed by atoms with E-state index in [0.29, 0.717) is 24.4 Å². The Balaban J connectivity index is 1.92. The van der Waals surface area contributed by atoms with Gasteiger partial charge in [0.05, 0.1) is 25.6 Å². The first kappa shape index (κ1) is 19.9. The number of rotatable bonds is 6. The Morgan fingerprint density at radius 1 is 1.04 bits per heavy atom. The summed E-state index contributed by atoms with van der Waals surface area (Å²) in [7, 11) is -1.35. The summed E-state index contributed by atoms with van der Waals surface area (Å²) in [6, 6.07) is 7.90. The van der Waals surface area contributed by atoms with E-state index in [2.05, 4.69) is 4.72 Å². The highest BCUT2D eigenvalue weighted by Gasteiger charge is 2.24. The molecule has 28 heavy (non-hydrogen) atoms. The van der Waals surface area contributed by atoms with Crippen LogP contribution in [0.4, 0.5) is 15.8 Å². The minimum absolute atomic E-state index is 0.00220. The van der Waals surface area contributed by atoms with Crippen LogP contribution in [0.5, 0.6) is 11.5 Å². The maximum atomic E-state index is 13.6. The Morgan fingerprint density at radius 3 is 2.46 bits per heavy atom. The molecule has 0 aliphatic carbocycles. The molecule has 1 fully saturated rings. The van der Waals surface area contributed by atoms with Gasteiger partial charge in [-0.25, -0.2) is 12.8 Å². The summed E-state index contributed by atoms with van der Waals surface area (Å²) in [5.41, 5.74) is 0.801. The van der Waals surface area contributed by atoms with E-state index in [1.807, 2.05) is 0 Å². The van der Waals surface area contributed by atoms with E-state index in [1.54, 1.807) is 11.0 Å². The second-order valence-electron chi connectivity index (χ2n) is 6.29. The van der Waals surface area contributed by atoms with Crippen molar-refractivity contribution in [2.45, 2.75) is 24.2 Å². The topological polar surface area (TPSA) is 84.9 Å². The quantitative estimate of drug-likeness (QED) is 0.794. The molecular weight excluding hydrogens is 387 g/mol. The SMILES string of the molecule is COc1cc(NS(=O)(=O)c2cc(F)ccc2OC)ccc1N1CCCCC1=O. The van der Waals surface area contributed by atoms with E-state index >= 15 is 0 Å². The first-order valence-electron chi connectivity index (χ1n) is 8.70. The Kier molecular flexibility index (Phi) is 5.73. The third kappa shape index (κ3) is 4.04. The van der Waals surface area contributed by atoms with Crippen LogP contribution in [-0.2, 0) is 14.8 Å². The van der Waals surface area contributed by atoms with E-state index in [-0.39, 0.29) is 22.2 Å². The van der Waals surface area contributed by atoms with Crippen LogP contribution in [0.15, 0.2) is 41.3 Å². The lowest BCUT2D eigenvalue weighted by Crippen LogP contribution is -2.35. The average Bonchev–Trinajstić information content (AvgIpc) is 2.68. The average molecular weight is 408 g/mol. The molecule has 0 atom stereocenters. The summed E-state index contributed by atoms with van der Waals surface area (Å²) in [6.07, 6.45) is 2.21. The number of anilines is 2. The molecule has 0 spiro atoms. The van der Waals surface area contributed by atoms with Crippen LogP contribution in [0.2, 0.25) is 0 Å². The van der Waals surface area contributed by atoms with Gasteiger partial charge < -0.3 is 14.4 Å². The third-order valence-electron chi connectivity index (χ3n) is 4.46. The first-order valence-corrected chi connectivity index (χ1v) is 10.2. The monoisotopic (exact) mass is 408 g/mol. The van der Waals surface area contributed by atoms with E-state index in [1.165, 1.54) is 32.4 Å². The standard InChI is InChI=1S/C19H21FN2O5S/c1-26-16-9-6-13(20)11-18(16)28(24,25)21-14-7-8-15(17(12-14)27-2)22-10-4-3-5-19(22)23/h6-9,11-12,21H,3-5,10H2,1-2H3. The second kappa shape index (κ2) is 8.05. The number of halogens is 1. The van der Waals surface area contributed by atoms with Crippen molar-refractivity contribution in [2.24, 2.45) is 0 Å². The molecule has 1 amide bonds. The lowest BCUT2D eigenvalue weighted by Gasteiger charge is -2.28. The maximum absolute atomic E-state index is 13.6. The van der Waals surface area contributed by atoms with Gasteiger partial charge in [-0.2, -0.15) is 0 Å². The lowest BCUT2D eigenvalue weighted by molar-refractivity contribution is -0.119. The minimum Gasteiger partial charge on any atom is -0.495 e. The molecular formula is C19H21FN2O5S. The van der Waals surface area contributed by atoms with Crippen LogP contribution in [0.1, 0.15) is 19.3 Å². The highest BCUT2D eigenvalue weighted by Crippen LogP contribution is 2.35. The highest BCUT2D eigenvalue weighted by molar-refractivity contribution is 7.92. The molecule has 1 N–H and O–H groups in total. The Hall–Kier alpha value is -2.81. The van der Waals surface area contributed by atoms with Gasteiger partial charge in [0.25, 0.3) is 10.0 Å². The molecule has 0 aromatic heterocycles. The van der Waals surface area contributed by atoms with Crippen molar-refractivity contribution in [1.29, 1.82) is 0 Å². The first-order chi connectivity index (χ1) is 13.4. The molecule has 0 bridgehead atoms. The normalized spacial score (nSPS) is 14.7. The van der Waals surface area contributed by atoms with Crippen molar-refractivity contribution in [3.8, 4) is 11.5 Å². The van der Waals surface area contributed by atoms with E-state index in [9.17, 15) is 17.6 Å². The number of amides is 1. The molecule has 1 heterocycles. The molecule has 7 nitrogen and oxygen atoms in total. The van der Waals surface area contributed by atoms with Crippen LogP contribution in [-0.4, -0.2) is 35.1 Å². The lowest BCUT2D eigenvalue weighted by atomic mass is 10.1. The van der Waals surface area contributed by atoms with Crippen LogP contribution < -0.4 is 19.1 Å². The molecule has 1 aliphatic rings. The fraction of sp³-hybridized carbons (Fsp3) is 0.316. The molecule has 0 unspecified atom stereocenters. The number of hydrogen-bond donors (Lipinski definition) is 1. The molecule has 2 aromatic rings. The molecule has 2 aromatic carbocycles. The number of piperidine rings is 1. The van der Waals surface area contributed by atoms with E-state index in [0.717, 1.165) is 25.0 Å². The van der Waals surface area contributed by atoms with Crippen molar-refractivity contribution in [3.63, 3.8) is 0 Å². The third-order valence-corrected chi connectivity index (χ3v) is 5.86. The van der Waals surface area contributed by atoms with Crippen molar-refractivity contribution in [1.82, 2.24) is 0 Å². The zero-order valence-electron chi connectivity index (χ0n) is 15.6. The van der Waals surface area contributed by atoms with Gasteiger partial charge in [0.2, 0.25) is 5.91 Å². The number of hydrogen-bond acceptors (Lipinski definition) is 5. The zero-order chi connectivity index (χ0) is 20.3. The molecule has 9 heteroatoms. The zero-order valence-corrected chi connectivity index (χ0v) is 16.4. The van der Waals surface area contributed by atoms with Gasteiger partial charge >= 0.3 is 0 Å². The molecule has 1 aliphatic heterocycles. The van der Waals surface area contributed by atoms with E-state index < -0.39 is 15.8 Å². The number of nitrogens with one attached hydrogen (secondary N) is 1. The van der Waals surface area contributed by atoms with Crippen molar-refractivity contribution < 1.29 is 27.1 Å². The van der Waals surface area contributed by atoms with Gasteiger partial charge in [-0.05, 0) is 43.2 Å². The van der Waals surface area contributed by atoms with Gasteiger partial charge in [0, 0.05) is 19.0 Å². The molecule has 1 saturated heterocycles. The fourth-order valence-electron chi connectivity index (χ4n) is 3.10. The number of benzene rings is 2. The smallest absolute Gasteiger partial charge is 0.265 e. The Morgan fingerprint density at radius 2 is 1.79 bits per heavy atom. The highest BCUT2D eigenvalue weighted by atomic mass is 32.2. The van der Waals surface area contributed by atoms with Crippen molar-refractivity contribution in [2.75, 3.05) is 30.4 Å². The molecule has 150 valence electrons. The summed E-state index contributed by atoms with van der Waals surface area (Å²) < 4.78 is 51.8. The van der Waals surface area contributed by atoms with Gasteiger partial charge in [-0.15, -0.1) is 0 Å². The number of carbonyl (C=O) groups excluding carboxylic acids is 1. The molecule has 0 saturated carbocycles. The fourth-order valence-corrected chi connectivity index (χ4v) is 4.33. The van der Waals surface area contributed by atoms with Crippen LogP contribution in [0.25, 0.3) is 0 Å². The van der Waals surface area contributed by atoms with Crippen LogP contribution in [0, 0.1) is 5.82 Å². The Labute approximate surface area is 163 Å². The predicted octanol–water partition coefficient (Wildman–Crippen LogP) is 3.16. The predicted molar refractivity (Wildman–Crippen MR) is 103 cm³/mol. The summed E-state index contributed by atoms with van der Waals surface area (Å²) in [4.78, 5) is 13.5. The number of carbonyl (C=O) groups is 1. The van der Waals surface area contributed by atoms with E-state index in [4.69, 9.17) is 9.47 Å². The maximum Gasteiger partial charge on any atom is 0.265 e.